The molecule has 0 fully saturated rings. The van der Waals surface area contributed by atoms with Gasteiger partial charge in [0.2, 0.25) is 0 Å². The van der Waals surface area contributed by atoms with E-state index in [9.17, 15) is 9.59 Å². The van der Waals surface area contributed by atoms with Crippen LogP contribution in [0.4, 0.5) is 0 Å². The summed E-state index contributed by atoms with van der Waals surface area (Å²) in [6.45, 7) is 3.88. The second kappa shape index (κ2) is 5.04. The van der Waals surface area contributed by atoms with Crippen molar-refractivity contribution in [1.82, 2.24) is 4.40 Å². The summed E-state index contributed by atoms with van der Waals surface area (Å²) in [5.41, 5.74) is 1.66. The number of hydrogen-bond acceptors (Lipinski definition) is 3. The number of ketones is 1. The largest absolute Gasteiger partial charge is 0.462 e. The molecule has 0 aromatic carbocycles. The maximum Gasteiger partial charge on any atom is 0.340 e. The van der Waals surface area contributed by atoms with Crippen LogP contribution in [-0.4, -0.2) is 22.8 Å². The van der Waals surface area contributed by atoms with Gasteiger partial charge in [-0.15, -0.1) is 0 Å². The number of rotatable bonds is 4. The van der Waals surface area contributed by atoms with Crippen molar-refractivity contribution in [2.45, 2.75) is 20.3 Å². The molecule has 2 aromatic rings. The molecule has 4 nitrogen and oxygen atoms in total. The van der Waals surface area contributed by atoms with Gasteiger partial charge < -0.3 is 9.14 Å². The highest BCUT2D eigenvalue weighted by atomic mass is 16.5. The predicted molar refractivity (Wildman–Crippen MR) is 68.0 cm³/mol. The maximum atomic E-state index is 11.8. The van der Waals surface area contributed by atoms with Gasteiger partial charge in [0, 0.05) is 12.6 Å². The number of ether oxygens (including phenoxy) is 1. The molecule has 4 heteroatoms. The van der Waals surface area contributed by atoms with Gasteiger partial charge in [0.1, 0.15) is 0 Å². The summed E-state index contributed by atoms with van der Waals surface area (Å²) in [6, 6.07) is 7.07. The van der Waals surface area contributed by atoms with Crippen molar-refractivity contribution in [3.63, 3.8) is 0 Å². The fraction of sp³-hybridized carbons (Fsp3) is 0.286. The van der Waals surface area contributed by atoms with E-state index < -0.39 is 5.97 Å². The van der Waals surface area contributed by atoms with Crippen LogP contribution < -0.4 is 0 Å². The van der Waals surface area contributed by atoms with E-state index in [4.69, 9.17) is 4.74 Å². The lowest BCUT2D eigenvalue weighted by Crippen LogP contribution is -2.03. The lowest BCUT2D eigenvalue weighted by molar-refractivity contribution is 0.0529. The summed E-state index contributed by atoms with van der Waals surface area (Å²) in [5.74, 6) is -0.386. The van der Waals surface area contributed by atoms with Crippen LogP contribution in [-0.2, 0) is 4.74 Å². The Balaban J connectivity index is 2.61. The van der Waals surface area contributed by atoms with Crippen molar-refractivity contribution in [3.05, 3.63) is 41.7 Å². The number of hydrogen-bond donors (Lipinski definition) is 0. The Hall–Kier alpha value is -2.10. The first-order valence-electron chi connectivity index (χ1n) is 5.99. The van der Waals surface area contributed by atoms with Crippen LogP contribution in [0.1, 0.15) is 41.1 Å². The molecule has 2 rings (SSSR count). The van der Waals surface area contributed by atoms with E-state index in [0.29, 0.717) is 29.8 Å². The Morgan fingerprint density at radius 3 is 2.72 bits per heavy atom. The highest BCUT2D eigenvalue weighted by Crippen LogP contribution is 2.19. The van der Waals surface area contributed by atoms with E-state index in [0.717, 1.165) is 0 Å². The quantitative estimate of drug-likeness (QED) is 0.614. The van der Waals surface area contributed by atoms with Gasteiger partial charge >= 0.3 is 5.97 Å². The first-order valence-corrected chi connectivity index (χ1v) is 5.99. The van der Waals surface area contributed by atoms with Gasteiger partial charge in [-0.2, -0.15) is 0 Å². The molecule has 0 amide bonds. The third-order valence-electron chi connectivity index (χ3n) is 2.78. The van der Waals surface area contributed by atoms with Crippen LogP contribution in [0.25, 0.3) is 5.52 Å². The standard InChI is InChI=1S/C14H15NO3/c1-3-13(16)12-9-10(14(17)18-4-2)11-7-5-6-8-15(11)12/h5-9H,3-4H2,1-2H3. The Bertz CT molecular complexity index is 598. The molecular formula is C14H15NO3. The van der Waals surface area contributed by atoms with Gasteiger partial charge in [0.05, 0.1) is 23.4 Å². The lowest BCUT2D eigenvalue weighted by atomic mass is 10.2. The van der Waals surface area contributed by atoms with Crippen LogP contribution in [0.2, 0.25) is 0 Å². The monoisotopic (exact) mass is 245 g/mol. The number of esters is 1. The molecule has 0 aliphatic carbocycles. The number of aromatic nitrogens is 1. The van der Waals surface area contributed by atoms with E-state index in [1.807, 2.05) is 12.1 Å². The van der Waals surface area contributed by atoms with E-state index in [1.165, 1.54) is 0 Å². The average molecular weight is 245 g/mol. The summed E-state index contributed by atoms with van der Waals surface area (Å²) < 4.78 is 6.73. The van der Waals surface area contributed by atoms with Crippen molar-refractivity contribution in [3.8, 4) is 0 Å². The van der Waals surface area contributed by atoms with Gasteiger partial charge in [0.25, 0.3) is 0 Å². The van der Waals surface area contributed by atoms with Gasteiger partial charge in [0.15, 0.2) is 5.78 Å². The molecule has 0 unspecified atom stereocenters. The molecule has 0 N–H and O–H groups in total. The molecular weight excluding hydrogens is 230 g/mol. The summed E-state index contributed by atoms with van der Waals surface area (Å²) in [4.78, 5) is 23.7. The molecule has 0 spiro atoms. The maximum absolute atomic E-state index is 11.8. The Morgan fingerprint density at radius 1 is 1.28 bits per heavy atom. The molecule has 2 aromatic heterocycles. The molecule has 2 heterocycles. The molecule has 0 radical (unpaired) electrons. The topological polar surface area (TPSA) is 47.8 Å². The minimum absolute atomic E-state index is 0.00625. The zero-order valence-corrected chi connectivity index (χ0v) is 10.5. The van der Waals surface area contributed by atoms with Gasteiger partial charge in [-0.1, -0.05) is 13.0 Å². The van der Waals surface area contributed by atoms with Crippen LogP contribution in [0, 0.1) is 0 Å². The minimum Gasteiger partial charge on any atom is -0.462 e. The van der Waals surface area contributed by atoms with Gasteiger partial charge in [-0.05, 0) is 25.1 Å². The lowest BCUT2D eigenvalue weighted by Gasteiger charge is -2.00. The second-order valence-electron chi connectivity index (χ2n) is 3.90. The SMILES string of the molecule is CCOC(=O)c1cc(C(=O)CC)n2ccccc12. The van der Waals surface area contributed by atoms with Crippen molar-refractivity contribution in [1.29, 1.82) is 0 Å². The first-order chi connectivity index (χ1) is 8.69. The van der Waals surface area contributed by atoms with Crippen molar-refractivity contribution < 1.29 is 14.3 Å². The molecule has 0 bridgehead atoms. The van der Waals surface area contributed by atoms with Crippen molar-refractivity contribution in [2.24, 2.45) is 0 Å². The number of pyridine rings is 1. The number of carbonyl (C=O) groups excluding carboxylic acids is 2. The summed E-state index contributed by atoms with van der Waals surface area (Å²) in [7, 11) is 0. The van der Waals surface area contributed by atoms with Crippen molar-refractivity contribution in [2.75, 3.05) is 6.61 Å². The smallest absolute Gasteiger partial charge is 0.340 e. The fourth-order valence-corrected chi connectivity index (χ4v) is 1.92. The third kappa shape index (κ3) is 2.01. The molecule has 94 valence electrons. The van der Waals surface area contributed by atoms with Crippen LogP contribution >= 0.6 is 0 Å². The first kappa shape index (κ1) is 12.4. The highest BCUT2D eigenvalue weighted by Gasteiger charge is 2.18. The Morgan fingerprint density at radius 2 is 2.06 bits per heavy atom. The van der Waals surface area contributed by atoms with Crippen LogP contribution in [0.15, 0.2) is 30.5 Å². The van der Waals surface area contributed by atoms with E-state index in [-0.39, 0.29) is 5.78 Å². The zero-order chi connectivity index (χ0) is 13.1. The van der Waals surface area contributed by atoms with E-state index in [1.54, 1.807) is 36.6 Å². The molecule has 0 aliphatic rings. The normalized spacial score (nSPS) is 10.6. The summed E-state index contributed by atoms with van der Waals surface area (Å²) in [5, 5.41) is 0. The average Bonchev–Trinajstić information content (AvgIpc) is 2.78. The van der Waals surface area contributed by atoms with Crippen LogP contribution in [0.5, 0.6) is 0 Å². The molecule has 0 aliphatic heterocycles. The second-order valence-corrected chi connectivity index (χ2v) is 3.90. The third-order valence-corrected chi connectivity index (χ3v) is 2.78. The zero-order valence-electron chi connectivity index (χ0n) is 10.5. The van der Waals surface area contributed by atoms with Crippen molar-refractivity contribution >= 4 is 17.3 Å². The molecule has 0 atom stereocenters. The van der Waals surface area contributed by atoms with Crippen LogP contribution in [0.3, 0.4) is 0 Å². The summed E-state index contributed by atoms with van der Waals surface area (Å²) >= 11 is 0. The molecule has 18 heavy (non-hydrogen) atoms. The Kier molecular flexibility index (Phi) is 3.46. The summed E-state index contributed by atoms with van der Waals surface area (Å²) in [6.07, 6.45) is 2.18. The number of fused-ring (bicyclic) bond motifs is 1. The van der Waals surface area contributed by atoms with E-state index >= 15 is 0 Å². The van der Waals surface area contributed by atoms with E-state index in [2.05, 4.69) is 0 Å². The predicted octanol–water partition coefficient (Wildman–Crippen LogP) is 2.71. The highest BCUT2D eigenvalue weighted by molar-refractivity contribution is 6.03. The van der Waals surface area contributed by atoms with Gasteiger partial charge in [-0.25, -0.2) is 4.79 Å². The molecule has 0 saturated heterocycles. The Labute approximate surface area is 105 Å². The minimum atomic E-state index is -0.392. The number of nitrogens with zero attached hydrogens (tertiary/aromatic N) is 1. The van der Waals surface area contributed by atoms with Gasteiger partial charge in [-0.3, -0.25) is 4.79 Å². The number of Topliss-reactive ketones (excluding diaryl/α,β-unsaturated/α-hetero) is 1. The number of carbonyl (C=O) groups is 2. The fourth-order valence-electron chi connectivity index (χ4n) is 1.92. The molecule has 0 saturated carbocycles.